The first-order chi connectivity index (χ1) is 55.2. The van der Waals surface area contributed by atoms with Gasteiger partial charge in [-0.1, -0.05) is 329 Å². The minimum absolute atomic E-state index is 0.0168. The lowest BCUT2D eigenvalue weighted by atomic mass is 9.84. The SMILES string of the molecule is CCCCCCCC/C=C\CCCCCC(=O)OC1C(O)C(O)C(OC2OC(CO)C(O)C(O)C2O)C(OP(=O)(O)OCC(COC(=O)CCCCCCCCCCCCCCC)OC(=O)CCCCCCCCCCCCCCCCCC)C1OC1OC(COC(=O)CCCCCCCCCCCCCCC)C(O)C(O)C1O. The third-order valence-electron chi connectivity index (χ3n) is 22.5. The maximum Gasteiger partial charge on any atom is 0.472 e. The molecule has 2 aliphatic heterocycles. The summed E-state index contributed by atoms with van der Waals surface area (Å²) in [6, 6.07) is 0. The van der Waals surface area contributed by atoms with Crippen molar-refractivity contribution in [2.45, 2.75) is 498 Å². The maximum absolute atomic E-state index is 14.9. The number of allylic oxidation sites excluding steroid dienone is 2. The maximum atomic E-state index is 14.9. The van der Waals surface area contributed by atoms with E-state index in [1.165, 1.54) is 180 Å². The average molecular weight is 1650 g/mol. The van der Waals surface area contributed by atoms with Gasteiger partial charge >= 0.3 is 31.7 Å². The predicted molar refractivity (Wildman–Crippen MR) is 440 cm³/mol. The molecule has 1 aliphatic carbocycles. The van der Waals surface area contributed by atoms with E-state index in [4.69, 9.17) is 46.9 Å². The molecule has 0 spiro atoms. The number of ether oxygens (including phenoxy) is 8. The number of carbonyl (C=O) groups excluding carboxylic acids is 4. The van der Waals surface area contributed by atoms with Gasteiger partial charge in [0, 0.05) is 25.7 Å². The van der Waals surface area contributed by atoms with Crippen LogP contribution in [0, 0.1) is 0 Å². The second kappa shape index (κ2) is 67.8. The zero-order valence-corrected chi connectivity index (χ0v) is 72.0. The fourth-order valence-corrected chi connectivity index (χ4v) is 16.2. The molecule has 670 valence electrons. The summed E-state index contributed by atoms with van der Waals surface area (Å²) in [7, 11) is -5.80. The molecule has 18 atom stereocenters. The molecule has 2 saturated heterocycles. The zero-order valence-electron chi connectivity index (χ0n) is 71.1. The lowest BCUT2D eigenvalue weighted by molar-refractivity contribution is -0.360. The molecule has 0 aromatic carbocycles. The number of aliphatic hydroxyl groups excluding tert-OH is 9. The van der Waals surface area contributed by atoms with Gasteiger partial charge in [0.2, 0.25) is 0 Å². The molecule has 0 radical (unpaired) electrons. The number of esters is 4. The highest BCUT2D eigenvalue weighted by Crippen LogP contribution is 2.49. The fraction of sp³-hybridized carbons (Fsp3) is 0.932. The quantitative estimate of drug-likeness (QED) is 0.00889. The van der Waals surface area contributed by atoms with Crippen molar-refractivity contribution in [3.8, 4) is 0 Å². The van der Waals surface area contributed by atoms with Crippen LogP contribution < -0.4 is 0 Å². The Balaban J connectivity index is 1.93. The van der Waals surface area contributed by atoms with Gasteiger partial charge in [0.15, 0.2) is 24.8 Å². The molecule has 18 unspecified atom stereocenters. The molecule has 3 fully saturated rings. The van der Waals surface area contributed by atoms with Crippen molar-refractivity contribution < 1.29 is 122 Å². The largest absolute Gasteiger partial charge is 0.472 e. The van der Waals surface area contributed by atoms with Crippen LogP contribution in [-0.2, 0) is 70.7 Å². The van der Waals surface area contributed by atoms with Gasteiger partial charge in [-0.3, -0.25) is 28.2 Å². The Morgan fingerprint density at radius 3 is 1.05 bits per heavy atom. The molecule has 0 amide bonds. The summed E-state index contributed by atoms with van der Waals surface area (Å²) in [5.74, 6) is -2.97. The second-order valence-electron chi connectivity index (χ2n) is 32.8. The lowest BCUT2D eigenvalue weighted by Crippen LogP contribution is -2.70. The zero-order chi connectivity index (χ0) is 83.2. The number of rotatable bonds is 74. The van der Waals surface area contributed by atoms with E-state index >= 15 is 0 Å². The van der Waals surface area contributed by atoms with E-state index < -0.39 is 162 Å². The molecule has 3 rings (SSSR count). The van der Waals surface area contributed by atoms with Gasteiger partial charge in [-0.05, 0) is 51.4 Å². The highest BCUT2D eigenvalue weighted by molar-refractivity contribution is 7.47. The first kappa shape index (κ1) is 105. The van der Waals surface area contributed by atoms with Crippen LogP contribution in [0.5, 0.6) is 0 Å². The molecule has 0 aromatic rings. The van der Waals surface area contributed by atoms with Gasteiger partial charge in [0.1, 0.15) is 92.6 Å². The summed E-state index contributed by atoms with van der Waals surface area (Å²) < 4.78 is 73.3. The summed E-state index contributed by atoms with van der Waals surface area (Å²) in [5, 5.41) is 102. The van der Waals surface area contributed by atoms with Crippen molar-refractivity contribution in [2.24, 2.45) is 0 Å². The number of hydrogen-bond acceptors (Lipinski definition) is 24. The summed E-state index contributed by atoms with van der Waals surface area (Å²) in [4.78, 5) is 66.3. The van der Waals surface area contributed by atoms with Crippen molar-refractivity contribution in [1.29, 1.82) is 0 Å². The first-order valence-electron chi connectivity index (χ1n) is 45.9. The van der Waals surface area contributed by atoms with Gasteiger partial charge < -0.3 is 88.7 Å². The molecule has 10 N–H and O–H groups in total. The van der Waals surface area contributed by atoms with E-state index in [9.17, 15) is 74.6 Å². The smallest absolute Gasteiger partial charge is 0.463 e. The Bertz CT molecular complexity index is 2430. The minimum Gasteiger partial charge on any atom is -0.463 e. The molecule has 2 heterocycles. The van der Waals surface area contributed by atoms with E-state index in [-0.39, 0.29) is 32.1 Å². The number of unbranched alkanes of at least 4 members (excludes halogenated alkanes) is 48. The van der Waals surface area contributed by atoms with Crippen LogP contribution in [0.2, 0.25) is 0 Å². The van der Waals surface area contributed by atoms with Gasteiger partial charge in [-0.15, -0.1) is 0 Å². The van der Waals surface area contributed by atoms with Gasteiger partial charge in [-0.2, -0.15) is 0 Å². The number of phosphoric ester groups is 1. The molecular formula is C88H163O25P. The number of hydrogen-bond donors (Lipinski definition) is 10. The first-order valence-corrected chi connectivity index (χ1v) is 47.4. The molecular weight excluding hydrogens is 1490 g/mol. The van der Waals surface area contributed by atoms with Crippen molar-refractivity contribution in [3.63, 3.8) is 0 Å². The third-order valence-corrected chi connectivity index (χ3v) is 23.5. The molecule has 0 bridgehead atoms. The minimum atomic E-state index is -5.80. The van der Waals surface area contributed by atoms with Crippen LogP contribution in [0.25, 0.3) is 0 Å². The third kappa shape index (κ3) is 48.0. The standard InChI is InChI=1S/C88H163O25P/c1-5-9-13-17-21-25-29-33-34-35-39-43-46-50-54-58-62-73(92)107-68(65-104-71(90)60-56-52-48-44-40-36-30-26-22-18-14-10-6-2)66-106-114(102,103)113-86-84(111-87-81(100)77(96)75(94)69(64-89)108-87)80(99)79(98)83(110-74(93)63-59-55-51-47-42-38-32-28-24-20-16-12-8-4)85(86)112-88-82(101)78(97)76(95)70(109-88)67-105-72(91)61-57-53-49-45-41-37-31-27-23-19-15-11-7-3/h38,42,68-70,75-89,94-101H,5-37,39-41,43-67H2,1-4H3,(H,102,103)/b42-38-. The molecule has 1 saturated carbocycles. The van der Waals surface area contributed by atoms with Crippen LogP contribution >= 0.6 is 7.82 Å². The number of carbonyl (C=O) groups is 4. The highest BCUT2D eigenvalue weighted by atomic mass is 31.2. The van der Waals surface area contributed by atoms with E-state index in [0.717, 1.165) is 122 Å². The summed E-state index contributed by atoms with van der Waals surface area (Å²) in [6.07, 6.45) is 25.1. The topological polar surface area (TPSA) is 380 Å². The highest BCUT2D eigenvalue weighted by Gasteiger charge is 2.60. The Kier molecular flexibility index (Phi) is 62.7. The van der Waals surface area contributed by atoms with E-state index in [2.05, 4.69) is 39.8 Å². The normalized spacial score (nSPS) is 25.4. The van der Waals surface area contributed by atoms with Crippen molar-refractivity contribution in [1.82, 2.24) is 0 Å². The summed E-state index contributed by atoms with van der Waals surface area (Å²) >= 11 is 0. The number of aliphatic hydroxyl groups is 9. The summed E-state index contributed by atoms with van der Waals surface area (Å²) in [5.41, 5.74) is 0. The summed E-state index contributed by atoms with van der Waals surface area (Å²) in [6.45, 7) is 5.58. The van der Waals surface area contributed by atoms with Crippen LogP contribution in [0.1, 0.15) is 394 Å². The van der Waals surface area contributed by atoms with Crippen molar-refractivity contribution in [2.75, 3.05) is 26.4 Å². The Morgan fingerprint density at radius 2 is 0.658 bits per heavy atom. The Morgan fingerprint density at radius 1 is 0.342 bits per heavy atom. The number of phosphoric acid groups is 1. The lowest BCUT2D eigenvalue weighted by Gasteiger charge is -2.50. The van der Waals surface area contributed by atoms with Gasteiger partial charge in [-0.25, -0.2) is 4.57 Å². The molecule has 3 aliphatic rings. The Hall–Kier alpha value is -2.79. The molecule has 25 nitrogen and oxygen atoms in total. The van der Waals surface area contributed by atoms with Crippen molar-refractivity contribution >= 4 is 31.7 Å². The van der Waals surface area contributed by atoms with Crippen LogP contribution in [0.3, 0.4) is 0 Å². The van der Waals surface area contributed by atoms with Crippen LogP contribution in [-0.4, -0.2) is 205 Å². The molecule has 26 heteroatoms. The fourth-order valence-electron chi connectivity index (χ4n) is 15.2. The second-order valence-corrected chi connectivity index (χ2v) is 34.2. The van der Waals surface area contributed by atoms with Gasteiger partial charge in [0.25, 0.3) is 0 Å². The molecule has 0 aromatic heterocycles. The Labute approximate surface area is 686 Å². The average Bonchev–Trinajstić information content (AvgIpc) is 0.754. The van der Waals surface area contributed by atoms with Crippen molar-refractivity contribution in [3.05, 3.63) is 12.2 Å². The van der Waals surface area contributed by atoms with Crippen LogP contribution in [0.4, 0.5) is 0 Å². The predicted octanol–water partition coefficient (Wildman–Crippen LogP) is 16.4. The van der Waals surface area contributed by atoms with E-state index in [1.54, 1.807) is 0 Å². The van der Waals surface area contributed by atoms with E-state index in [1.807, 2.05) is 0 Å². The van der Waals surface area contributed by atoms with Crippen LogP contribution in [0.15, 0.2) is 12.2 Å². The monoisotopic (exact) mass is 1650 g/mol. The van der Waals surface area contributed by atoms with E-state index in [0.29, 0.717) is 32.1 Å². The molecule has 114 heavy (non-hydrogen) atoms. The van der Waals surface area contributed by atoms with Gasteiger partial charge in [0.05, 0.1) is 13.2 Å².